The molecule has 1 saturated heterocycles. The summed E-state index contributed by atoms with van der Waals surface area (Å²) in [6, 6.07) is 7.69. The van der Waals surface area contributed by atoms with Crippen LogP contribution in [0.2, 0.25) is 0 Å². The summed E-state index contributed by atoms with van der Waals surface area (Å²) in [6.07, 6.45) is 0.905. The summed E-state index contributed by atoms with van der Waals surface area (Å²) in [5.74, 6) is -2.01. The van der Waals surface area contributed by atoms with Crippen LogP contribution in [0.1, 0.15) is 45.6 Å². The first kappa shape index (κ1) is 21.9. The largest absolute Gasteiger partial charge is 0.451 e. The fourth-order valence-corrected chi connectivity index (χ4v) is 2.93. The number of imide groups is 1. The predicted octanol–water partition coefficient (Wildman–Crippen LogP) is 1.93. The first-order chi connectivity index (χ1) is 13.7. The van der Waals surface area contributed by atoms with Gasteiger partial charge in [-0.3, -0.25) is 19.3 Å². The van der Waals surface area contributed by atoms with Crippen molar-refractivity contribution in [2.45, 2.75) is 51.7 Å². The van der Waals surface area contributed by atoms with Crippen molar-refractivity contribution in [2.24, 2.45) is 0 Å². The second-order valence-electron chi connectivity index (χ2n) is 7.04. The van der Waals surface area contributed by atoms with Crippen LogP contribution in [0, 0.1) is 11.3 Å². The van der Waals surface area contributed by atoms with Crippen LogP contribution in [0.15, 0.2) is 24.3 Å². The molecule has 1 aromatic rings. The maximum Gasteiger partial charge on any atom is 0.327 e. The van der Waals surface area contributed by atoms with Gasteiger partial charge in [0, 0.05) is 0 Å². The van der Waals surface area contributed by atoms with Gasteiger partial charge < -0.3 is 15.4 Å². The molecule has 0 aromatic heterocycles. The molecule has 1 aliphatic heterocycles. The van der Waals surface area contributed by atoms with Crippen LogP contribution in [0.5, 0.6) is 0 Å². The van der Waals surface area contributed by atoms with Gasteiger partial charge in [-0.2, -0.15) is 5.26 Å². The number of ether oxygens (including phenoxy) is 1. The lowest BCUT2D eigenvalue weighted by Gasteiger charge is -2.21. The number of hydrogen-bond donors (Lipinski definition) is 2. The molecule has 0 spiro atoms. The van der Waals surface area contributed by atoms with Crippen LogP contribution in [0.25, 0.3) is 0 Å². The van der Waals surface area contributed by atoms with Gasteiger partial charge in [0.05, 0.1) is 11.3 Å². The number of carbonyl (C=O) groups is 4. The average molecular weight is 400 g/mol. The lowest BCUT2D eigenvalue weighted by Crippen LogP contribution is -2.44. The Kier molecular flexibility index (Phi) is 6.93. The van der Waals surface area contributed by atoms with Crippen molar-refractivity contribution in [2.75, 3.05) is 11.9 Å². The quantitative estimate of drug-likeness (QED) is 0.507. The molecule has 0 unspecified atom stereocenters. The van der Waals surface area contributed by atoms with Crippen LogP contribution < -0.4 is 10.6 Å². The summed E-state index contributed by atoms with van der Waals surface area (Å²) in [5.41, 5.74) is -0.481. The van der Waals surface area contributed by atoms with Gasteiger partial charge in [-0.05, 0) is 32.4 Å². The zero-order valence-corrected chi connectivity index (χ0v) is 16.7. The van der Waals surface area contributed by atoms with Gasteiger partial charge in [0.15, 0.2) is 6.10 Å². The molecule has 1 aliphatic rings. The lowest BCUT2D eigenvalue weighted by molar-refractivity contribution is -0.155. The summed E-state index contributed by atoms with van der Waals surface area (Å²) < 4.78 is 5.06. The van der Waals surface area contributed by atoms with Crippen molar-refractivity contribution < 1.29 is 23.9 Å². The Morgan fingerprint density at radius 1 is 1.34 bits per heavy atom. The number of carbonyl (C=O) groups excluding carboxylic acids is 4. The van der Waals surface area contributed by atoms with Crippen molar-refractivity contribution >= 4 is 29.5 Å². The maximum atomic E-state index is 12.5. The van der Waals surface area contributed by atoms with Crippen molar-refractivity contribution in [3.63, 3.8) is 0 Å². The predicted molar refractivity (Wildman–Crippen MR) is 104 cm³/mol. The molecule has 29 heavy (non-hydrogen) atoms. The van der Waals surface area contributed by atoms with Gasteiger partial charge in [-0.1, -0.05) is 31.9 Å². The number of benzene rings is 1. The Morgan fingerprint density at radius 2 is 2.03 bits per heavy atom. The smallest absolute Gasteiger partial charge is 0.327 e. The van der Waals surface area contributed by atoms with E-state index in [1.165, 1.54) is 6.92 Å². The average Bonchev–Trinajstić information content (AvgIpc) is 2.90. The molecule has 0 bridgehead atoms. The summed E-state index contributed by atoms with van der Waals surface area (Å²) in [6.45, 7) is 4.37. The third kappa shape index (κ3) is 5.10. The van der Waals surface area contributed by atoms with E-state index < -0.39 is 42.0 Å². The lowest BCUT2D eigenvalue weighted by atomic mass is 9.95. The van der Waals surface area contributed by atoms with Gasteiger partial charge in [0.1, 0.15) is 18.2 Å². The Morgan fingerprint density at radius 3 is 2.69 bits per heavy atom. The number of nitrogens with one attached hydrogen (secondary N) is 2. The second-order valence-corrected chi connectivity index (χ2v) is 7.04. The highest BCUT2D eigenvalue weighted by Gasteiger charge is 2.48. The topological polar surface area (TPSA) is 129 Å². The van der Waals surface area contributed by atoms with Crippen molar-refractivity contribution in [3.05, 3.63) is 29.8 Å². The number of urea groups is 1. The maximum absolute atomic E-state index is 12.5. The van der Waals surface area contributed by atoms with Gasteiger partial charge in [0.25, 0.3) is 11.8 Å². The number of nitrogens with zero attached hydrogens (tertiary/aromatic N) is 2. The van der Waals surface area contributed by atoms with Crippen molar-refractivity contribution in [1.82, 2.24) is 10.2 Å². The van der Waals surface area contributed by atoms with E-state index in [1.54, 1.807) is 31.2 Å². The normalized spacial score (nSPS) is 19.3. The molecular formula is C20H24N4O5. The first-order valence-electron chi connectivity index (χ1n) is 9.35. The zero-order chi connectivity index (χ0) is 21.6. The summed E-state index contributed by atoms with van der Waals surface area (Å²) >= 11 is 0. The van der Waals surface area contributed by atoms with E-state index in [4.69, 9.17) is 10.00 Å². The standard InChI is InChI=1S/C20H24N4O5/c1-4-5-10-20(3)18(27)24(19(28)23-20)12-16(25)29-13(2)17(26)22-15-9-7-6-8-14(15)11-21/h6-9,13H,4-5,10,12H2,1-3H3,(H,22,26)(H,23,28)/t13-,20-/m0/s1. The van der Waals surface area contributed by atoms with Crippen molar-refractivity contribution in [1.29, 1.82) is 5.26 Å². The molecule has 2 N–H and O–H groups in total. The number of rotatable bonds is 8. The SMILES string of the molecule is CCCC[C@]1(C)NC(=O)N(CC(=O)O[C@@H](C)C(=O)Nc2ccccc2C#N)C1=O. The second kappa shape index (κ2) is 9.19. The highest BCUT2D eigenvalue weighted by Crippen LogP contribution is 2.23. The number of nitriles is 1. The molecule has 2 rings (SSSR count). The van der Waals surface area contributed by atoms with E-state index in [-0.39, 0.29) is 5.56 Å². The molecule has 9 nitrogen and oxygen atoms in total. The van der Waals surface area contributed by atoms with E-state index in [0.29, 0.717) is 12.1 Å². The van der Waals surface area contributed by atoms with E-state index >= 15 is 0 Å². The molecule has 9 heteroatoms. The van der Waals surface area contributed by atoms with Crippen LogP contribution in [0.3, 0.4) is 0 Å². The Balaban J connectivity index is 1.94. The highest BCUT2D eigenvalue weighted by molar-refractivity contribution is 6.08. The first-order valence-corrected chi connectivity index (χ1v) is 9.35. The Bertz CT molecular complexity index is 863. The minimum atomic E-state index is -1.18. The summed E-state index contributed by atoms with van der Waals surface area (Å²) in [5, 5.41) is 14.2. The monoisotopic (exact) mass is 400 g/mol. The molecule has 4 amide bonds. The van der Waals surface area contributed by atoms with Gasteiger partial charge >= 0.3 is 12.0 Å². The number of hydrogen-bond acceptors (Lipinski definition) is 6. The number of esters is 1. The molecule has 0 saturated carbocycles. The van der Waals surface area contributed by atoms with Gasteiger partial charge in [-0.15, -0.1) is 0 Å². The van der Waals surface area contributed by atoms with E-state index in [0.717, 1.165) is 17.7 Å². The fraction of sp³-hybridized carbons (Fsp3) is 0.450. The fourth-order valence-electron chi connectivity index (χ4n) is 2.93. The molecule has 1 aromatic carbocycles. The highest BCUT2D eigenvalue weighted by atomic mass is 16.5. The molecule has 1 fully saturated rings. The molecule has 0 radical (unpaired) electrons. The summed E-state index contributed by atoms with van der Waals surface area (Å²) in [4.78, 5) is 49.9. The third-order valence-corrected chi connectivity index (χ3v) is 4.65. The molecule has 2 atom stereocenters. The molecule has 154 valence electrons. The molecular weight excluding hydrogens is 376 g/mol. The van der Waals surface area contributed by atoms with Gasteiger partial charge in [-0.25, -0.2) is 4.79 Å². The van der Waals surface area contributed by atoms with Crippen LogP contribution in [-0.2, 0) is 19.1 Å². The molecule has 1 heterocycles. The minimum absolute atomic E-state index is 0.269. The minimum Gasteiger partial charge on any atom is -0.451 e. The van der Waals surface area contributed by atoms with Crippen LogP contribution in [-0.4, -0.2) is 46.9 Å². The summed E-state index contributed by atoms with van der Waals surface area (Å²) in [7, 11) is 0. The van der Waals surface area contributed by atoms with E-state index in [1.807, 2.05) is 13.0 Å². The van der Waals surface area contributed by atoms with Gasteiger partial charge in [0.2, 0.25) is 0 Å². The third-order valence-electron chi connectivity index (χ3n) is 4.65. The van der Waals surface area contributed by atoms with Crippen LogP contribution >= 0.6 is 0 Å². The van der Waals surface area contributed by atoms with E-state index in [2.05, 4.69) is 10.6 Å². The number of unbranched alkanes of at least 4 members (excludes halogenated alkanes) is 1. The Hall–Kier alpha value is -3.41. The van der Waals surface area contributed by atoms with Crippen molar-refractivity contribution in [3.8, 4) is 6.07 Å². The number of para-hydroxylation sites is 1. The van der Waals surface area contributed by atoms with Crippen LogP contribution in [0.4, 0.5) is 10.5 Å². The number of amides is 4. The van der Waals surface area contributed by atoms with E-state index in [9.17, 15) is 19.2 Å². The Labute approximate surface area is 169 Å². The number of anilines is 1. The molecule has 0 aliphatic carbocycles. The zero-order valence-electron chi connectivity index (χ0n) is 16.7.